The number of aromatic nitrogens is 1. The minimum Gasteiger partial charge on any atom is -0.489 e. The SMILES string of the molecule is NC(=O)c1ccc(COc2ccc3[nH]c4c(c3c2)CCC4CC(=O)O)cc1C(F)(F)F. The molecule has 1 aromatic heterocycles. The first-order valence-electron chi connectivity index (χ1n) is 9.62. The van der Waals surface area contributed by atoms with E-state index in [1.807, 2.05) is 0 Å². The number of ether oxygens (including phenoxy) is 1. The quantitative estimate of drug-likeness (QED) is 0.538. The highest BCUT2D eigenvalue weighted by atomic mass is 19.4. The summed E-state index contributed by atoms with van der Waals surface area (Å²) < 4.78 is 45.4. The lowest BCUT2D eigenvalue weighted by molar-refractivity contribution is -0.138. The first kappa shape index (κ1) is 20.8. The molecule has 1 amide bonds. The molecule has 0 saturated carbocycles. The largest absolute Gasteiger partial charge is 0.489 e. The molecule has 2 aromatic carbocycles. The van der Waals surface area contributed by atoms with Crippen LogP contribution in [0.4, 0.5) is 13.2 Å². The van der Waals surface area contributed by atoms with Gasteiger partial charge in [0.15, 0.2) is 0 Å². The Morgan fingerprint density at radius 2 is 1.97 bits per heavy atom. The van der Waals surface area contributed by atoms with E-state index in [0.29, 0.717) is 5.75 Å². The fraction of sp³-hybridized carbons (Fsp3) is 0.273. The van der Waals surface area contributed by atoms with Gasteiger partial charge in [0.1, 0.15) is 12.4 Å². The van der Waals surface area contributed by atoms with Crippen LogP contribution in [-0.2, 0) is 24.0 Å². The summed E-state index contributed by atoms with van der Waals surface area (Å²) >= 11 is 0. The van der Waals surface area contributed by atoms with Crippen molar-refractivity contribution in [1.82, 2.24) is 4.98 Å². The number of rotatable bonds is 6. The minimum absolute atomic E-state index is 0.0613. The molecule has 0 radical (unpaired) electrons. The van der Waals surface area contributed by atoms with Crippen LogP contribution >= 0.6 is 0 Å². The Bertz CT molecular complexity index is 1180. The number of halogens is 3. The van der Waals surface area contributed by atoms with Gasteiger partial charge in [-0.15, -0.1) is 0 Å². The zero-order valence-electron chi connectivity index (χ0n) is 16.3. The van der Waals surface area contributed by atoms with Gasteiger partial charge in [0.05, 0.1) is 17.5 Å². The van der Waals surface area contributed by atoms with Crippen LogP contribution in [-0.4, -0.2) is 22.0 Å². The highest BCUT2D eigenvalue weighted by molar-refractivity contribution is 5.94. The highest BCUT2D eigenvalue weighted by Crippen LogP contribution is 2.40. The maximum Gasteiger partial charge on any atom is 0.417 e. The van der Waals surface area contributed by atoms with Crippen molar-refractivity contribution in [3.8, 4) is 5.75 Å². The molecular formula is C22H19F3N2O4. The van der Waals surface area contributed by atoms with E-state index >= 15 is 0 Å². The minimum atomic E-state index is -4.71. The number of carbonyl (C=O) groups excluding carboxylic acids is 1. The summed E-state index contributed by atoms with van der Waals surface area (Å²) in [5, 5.41) is 10.0. The van der Waals surface area contributed by atoms with Gasteiger partial charge in [0.2, 0.25) is 5.91 Å². The molecule has 4 N–H and O–H groups in total. The van der Waals surface area contributed by atoms with Crippen LogP contribution in [0.3, 0.4) is 0 Å². The highest BCUT2D eigenvalue weighted by Gasteiger charge is 2.35. The van der Waals surface area contributed by atoms with Crippen molar-refractivity contribution in [3.05, 3.63) is 64.3 Å². The molecule has 1 atom stereocenters. The van der Waals surface area contributed by atoms with Gasteiger partial charge in [-0.2, -0.15) is 13.2 Å². The van der Waals surface area contributed by atoms with Crippen LogP contribution < -0.4 is 10.5 Å². The predicted molar refractivity (Wildman–Crippen MR) is 106 cm³/mol. The first-order chi connectivity index (χ1) is 14.6. The number of aryl methyl sites for hydroxylation is 1. The number of carboxylic acid groups (broad SMARTS) is 1. The fourth-order valence-corrected chi connectivity index (χ4v) is 4.13. The van der Waals surface area contributed by atoms with Crippen molar-refractivity contribution in [2.45, 2.75) is 38.0 Å². The van der Waals surface area contributed by atoms with Crippen molar-refractivity contribution < 1.29 is 32.6 Å². The normalized spacial score (nSPS) is 15.8. The van der Waals surface area contributed by atoms with E-state index in [1.54, 1.807) is 18.2 Å². The van der Waals surface area contributed by atoms with Crippen molar-refractivity contribution in [3.63, 3.8) is 0 Å². The lowest BCUT2D eigenvalue weighted by Gasteiger charge is -2.13. The van der Waals surface area contributed by atoms with Crippen LogP contribution in [0.1, 0.15) is 51.5 Å². The molecule has 0 saturated heterocycles. The summed E-state index contributed by atoms with van der Waals surface area (Å²) in [5.41, 5.74) is 6.45. The smallest absolute Gasteiger partial charge is 0.417 e. The second-order valence-electron chi connectivity index (χ2n) is 7.59. The molecule has 6 nitrogen and oxygen atoms in total. The van der Waals surface area contributed by atoms with E-state index in [0.717, 1.165) is 47.1 Å². The Morgan fingerprint density at radius 1 is 1.19 bits per heavy atom. The zero-order valence-corrected chi connectivity index (χ0v) is 16.3. The third-order valence-corrected chi connectivity index (χ3v) is 5.54. The molecule has 1 aliphatic carbocycles. The number of H-pyrrole nitrogens is 1. The van der Waals surface area contributed by atoms with Crippen LogP contribution in [0.5, 0.6) is 5.75 Å². The predicted octanol–water partition coefficient (Wildman–Crippen LogP) is 4.37. The van der Waals surface area contributed by atoms with Crippen molar-refractivity contribution in [2.24, 2.45) is 5.73 Å². The van der Waals surface area contributed by atoms with Gasteiger partial charge in [-0.3, -0.25) is 9.59 Å². The number of carbonyl (C=O) groups is 2. The van der Waals surface area contributed by atoms with Gasteiger partial charge in [0, 0.05) is 22.5 Å². The Morgan fingerprint density at radius 3 is 2.65 bits per heavy atom. The van der Waals surface area contributed by atoms with Gasteiger partial charge >= 0.3 is 12.1 Å². The van der Waals surface area contributed by atoms with Crippen molar-refractivity contribution >= 4 is 22.8 Å². The van der Waals surface area contributed by atoms with E-state index in [4.69, 9.17) is 15.6 Å². The first-order valence-corrected chi connectivity index (χ1v) is 9.62. The number of aliphatic carboxylic acids is 1. The van der Waals surface area contributed by atoms with Gasteiger partial charge in [-0.05, 0) is 54.3 Å². The summed E-state index contributed by atoms with van der Waals surface area (Å²) in [6, 6.07) is 8.59. The van der Waals surface area contributed by atoms with E-state index in [1.165, 1.54) is 6.07 Å². The molecule has 4 rings (SSSR count). The second-order valence-corrected chi connectivity index (χ2v) is 7.59. The number of alkyl halides is 3. The summed E-state index contributed by atoms with van der Waals surface area (Å²) in [4.78, 5) is 25.6. The number of aromatic amines is 1. The number of amides is 1. The molecule has 1 unspecified atom stereocenters. The molecule has 1 aliphatic rings. The summed E-state index contributed by atoms with van der Waals surface area (Å²) in [5.74, 6) is -1.58. The number of nitrogens with one attached hydrogen (secondary N) is 1. The van der Waals surface area contributed by atoms with E-state index in [-0.39, 0.29) is 24.5 Å². The molecule has 0 spiro atoms. The molecule has 31 heavy (non-hydrogen) atoms. The fourth-order valence-electron chi connectivity index (χ4n) is 4.13. The second kappa shape index (κ2) is 7.64. The number of hydrogen-bond acceptors (Lipinski definition) is 3. The lowest BCUT2D eigenvalue weighted by atomic mass is 10.0. The average Bonchev–Trinajstić information content (AvgIpc) is 3.24. The van der Waals surface area contributed by atoms with E-state index < -0.39 is 29.2 Å². The monoisotopic (exact) mass is 432 g/mol. The zero-order chi connectivity index (χ0) is 22.3. The molecule has 9 heteroatoms. The Kier molecular flexibility index (Phi) is 5.12. The van der Waals surface area contributed by atoms with Gasteiger partial charge in [-0.25, -0.2) is 0 Å². The Balaban J connectivity index is 1.56. The number of nitrogens with two attached hydrogens (primary N) is 1. The number of primary amides is 1. The molecule has 0 aliphatic heterocycles. The number of hydrogen-bond donors (Lipinski definition) is 3. The number of carboxylic acids is 1. The molecule has 162 valence electrons. The Hall–Kier alpha value is -3.49. The average molecular weight is 432 g/mol. The third kappa shape index (κ3) is 4.08. The number of benzene rings is 2. The summed E-state index contributed by atoms with van der Waals surface area (Å²) in [6.07, 6.45) is -3.15. The van der Waals surface area contributed by atoms with Crippen LogP contribution in [0.25, 0.3) is 10.9 Å². The van der Waals surface area contributed by atoms with Crippen molar-refractivity contribution in [2.75, 3.05) is 0 Å². The maximum atomic E-state index is 13.2. The van der Waals surface area contributed by atoms with Gasteiger partial charge in [-0.1, -0.05) is 6.07 Å². The van der Waals surface area contributed by atoms with E-state index in [9.17, 15) is 22.8 Å². The molecule has 0 bridgehead atoms. The summed E-state index contributed by atoms with van der Waals surface area (Å²) in [6.45, 7) is -0.123. The van der Waals surface area contributed by atoms with Crippen molar-refractivity contribution in [1.29, 1.82) is 0 Å². The number of fused-ring (bicyclic) bond motifs is 3. The van der Waals surface area contributed by atoms with Crippen LogP contribution in [0.15, 0.2) is 36.4 Å². The standard InChI is InChI=1S/C22H19F3N2O4/c23-22(24,25)17-7-11(1-4-15(17)21(26)30)10-31-13-3-6-18-16(9-13)14-5-2-12(8-19(28)29)20(14)27-18/h1,3-4,6-7,9,12,27H,2,5,8,10H2,(H2,26,30)(H,28,29). The summed E-state index contributed by atoms with van der Waals surface area (Å²) in [7, 11) is 0. The van der Waals surface area contributed by atoms with Crippen LogP contribution in [0, 0.1) is 0 Å². The molecule has 0 fully saturated rings. The van der Waals surface area contributed by atoms with Crippen LogP contribution in [0.2, 0.25) is 0 Å². The van der Waals surface area contributed by atoms with Gasteiger partial charge < -0.3 is 20.6 Å². The third-order valence-electron chi connectivity index (χ3n) is 5.54. The topological polar surface area (TPSA) is 105 Å². The van der Waals surface area contributed by atoms with E-state index in [2.05, 4.69) is 4.98 Å². The Labute approximate surface area is 174 Å². The van der Waals surface area contributed by atoms with Gasteiger partial charge in [0.25, 0.3) is 0 Å². The molecule has 1 heterocycles. The molecule has 3 aromatic rings. The maximum absolute atomic E-state index is 13.2. The molecular weight excluding hydrogens is 413 g/mol. The lowest BCUT2D eigenvalue weighted by Crippen LogP contribution is -2.19.